The van der Waals surface area contributed by atoms with E-state index in [2.05, 4.69) is 41.4 Å². The largest absolute Gasteiger partial charge is 0.311 e. The van der Waals surface area contributed by atoms with Gasteiger partial charge in [0, 0.05) is 36.2 Å². The number of piperazine rings is 1. The first-order valence-electron chi connectivity index (χ1n) is 8.05. The van der Waals surface area contributed by atoms with Gasteiger partial charge >= 0.3 is 0 Å². The van der Waals surface area contributed by atoms with Gasteiger partial charge in [-0.3, -0.25) is 4.90 Å². The highest BCUT2D eigenvalue weighted by molar-refractivity contribution is 7.09. The maximum Gasteiger partial charge on any atom is 0.107 e. The van der Waals surface area contributed by atoms with Crippen molar-refractivity contribution in [2.75, 3.05) is 13.1 Å². The fourth-order valence-corrected chi connectivity index (χ4v) is 4.09. The van der Waals surface area contributed by atoms with E-state index in [-0.39, 0.29) is 0 Å². The number of hydrogen-bond acceptors (Lipinski definition) is 4. The van der Waals surface area contributed by atoms with Gasteiger partial charge in [0.25, 0.3) is 0 Å². The van der Waals surface area contributed by atoms with Gasteiger partial charge in [-0.2, -0.15) is 0 Å². The summed E-state index contributed by atoms with van der Waals surface area (Å²) in [4.78, 5) is 7.38. The Hall–Kier alpha value is -0.450. The van der Waals surface area contributed by atoms with Crippen LogP contribution in [0.25, 0.3) is 0 Å². The molecular weight excluding hydrogens is 266 g/mol. The second kappa shape index (κ2) is 6.12. The number of aromatic nitrogens is 1. The summed E-state index contributed by atoms with van der Waals surface area (Å²) >= 11 is 1.82. The number of thiazole rings is 1. The quantitative estimate of drug-likeness (QED) is 0.904. The Kier molecular flexibility index (Phi) is 4.43. The third kappa shape index (κ3) is 3.23. The van der Waals surface area contributed by atoms with E-state index in [1.54, 1.807) is 0 Å². The number of rotatable bonds is 5. The third-order valence-corrected chi connectivity index (χ3v) is 5.94. The van der Waals surface area contributed by atoms with Crippen LogP contribution in [0, 0.1) is 18.8 Å². The van der Waals surface area contributed by atoms with Crippen molar-refractivity contribution in [3.05, 3.63) is 16.1 Å². The van der Waals surface area contributed by atoms with Crippen LogP contribution in [0.4, 0.5) is 0 Å². The monoisotopic (exact) mass is 293 g/mol. The topological polar surface area (TPSA) is 28.2 Å². The molecule has 0 bridgehead atoms. The second-order valence-electron chi connectivity index (χ2n) is 6.62. The van der Waals surface area contributed by atoms with Gasteiger partial charge in [-0.05, 0) is 31.6 Å². The van der Waals surface area contributed by atoms with Crippen molar-refractivity contribution in [3.63, 3.8) is 0 Å². The van der Waals surface area contributed by atoms with Gasteiger partial charge in [0.15, 0.2) is 0 Å². The number of nitrogens with one attached hydrogen (secondary N) is 1. The summed E-state index contributed by atoms with van der Waals surface area (Å²) < 4.78 is 0. The lowest BCUT2D eigenvalue weighted by atomic mass is 9.94. The summed E-state index contributed by atoms with van der Waals surface area (Å²) in [5.41, 5.74) is 1.17. The van der Waals surface area contributed by atoms with Crippen molar-refractivity contribution >= 4 is 11.3 Å². The Morgan fingerprint density at radius 1 is 1.50 bits per heavy atom. The molecule has 0 radical (unpaired) electrons. The van der Waals surface area contributed by atoms with E-state index in [1.165, 1.54) is 43.1 Å². The molecule has 4 heteroatoms. The zero-order valence-electron chi connectivity index (χ0n) is 12.9. The summed E-state index contributed by atoms with van der Waals surface area (Å²) in [5.74, 6) is 1.69. The molecule has 2 heterocycles. The molecule has 3 rings (SSSR count). The van der Waals surface area contributed by atoms with E-state index in [0.29, 0.717) is 6.04 Å². The van der Waals surface area contributed by atoms with Crippen LogP contribution >= 0.6 is 11.3 Å². The molecule has 1 aliphatic heterocycles. The van der Waals surface area contributed by atoms with E-state index in [1.807, 2.05) is 11.3 Å². The van der Waals surface area contributed by atoms with Crippen LogP contribution < -0.4 is 5.32 Å². The summed E-state index contributed by atoms with van der Waals surface area (Å²) in [6, 6.07) is 1.38. The fraction of sp³-hybridized carbons (Fsp3) is 0.812. The fourth-order valence-electron chi connectivity index (χ4n) is 3.30. The Morgan fingerprint density at radius 3 is 2.90 bits per heavy atom. The summed E-state index contributed by atoms with van der Waals surface area (Å²) in [5, 5.41) is 7.27. The normalized spacial score (nSPS) is 29.6. The highest BCUT2D eigenvalue weighted by Crippen LogP contribution is 2.37. The molecule has 0 amide bonds. The van der Waals surface area contributed by atoms with Crippen LogP contribution in [0.1, 0.15) is 43.8 Å². The van der Waals surface area contributed by atoms with Crippen LogP contribution in [0.5, 0.6) is 0 Å². The average molecular weight is 293 g/mol. The highest BCUT2D eigenvalue weighted by atomic mass is 32.1. The second-order valence-corrected chi connectivity index (χ2v) is 7.56. The van der Waals surface area contributed by atoms with Gasteiger partial charge in [-0.1, -0.05) is 20.3 Å². The molecular formula is C16H27N3S. The Balaban J connectivity index is 1.68. The number of aryl methyl sites for hydroxylation is 1. The summed E-state index contributed by atoms with van der Waals surface area (Å²) in [6.45, 7) is 10.2. The van der Waals surface area contributed by atoms with Crippen LogP contribution in [0.15, 0.2) is 5.38 Å². The van der Waals surface area contributed by atoms with Crippen LogP contribution in [-0.2, 0) is 6.54 Å². The molecule has 20 heavy (non-hydrogen) atoms. The third-order valence-electron chi connectivity index (χ3n) is 4.99. The molecule has 0 aromatic carbocycles. The molecule has 1 saturated heterocycles. The predicted molar refractivity (Wildman–Crippen MR) is 85.0 cm³/mol. The van der Waals surface area contributed by atoms with E-state index >= 15 is 0 Å². The van der Waals surface area contributed by atoms with Crippen molar-refractivity contribution in [1.29, 1.82) is 0 Å². The smallest absolute Gasteiger partial charge is 0.107 e. The molecule has 3 unspecified atom stereocenters. The minimum Gasteiger partial charge on any atom is -0.311 e. The van der Waals surface area contributed by atoms with Gasteiger partial charge in [0.05, 0.1) is 6.54 Å². The van der Waals surface area contributed by atoms with Gasteiger partial charge in [-0.15, -0.1) is 11.3 Å². The summed E-state index contributed by atoms with van der Waals surface area (Å²) in [6.07, 6.45) is 4.11. The van der Waals surface area contributed by atoms with Crippen molar-refractivity contribution in [2.24, 2.45) is 11.8 Å². The molecule has 112 valence electrons. The molecule has 3 nitrogen and oxygen atoms in total. The molecule has 1 aromatic rings. The lowest BCUT2D eigenvalue weighted by Gasteiger charge is -2.42. The summed E-state index contributed by atoms with van der Waals surface area (Å²) in [7, 11) is 0. The highest BCUT2D eigenvalue weighted by Gasteiger charge is 2.39. The van der Waals surface area contributed by atoms with Gasteiger partial charge in [-0.25, -0.2) is 4.98 Å². The predicted octanol–water partition coefficient (Wildman–Crippen LogP) is 3.05. The van der Waals surface area contributed by atoms with Crippen LogP contribution in [-0.4, -0.2) is 35.1 Å². The molecule has 2 fully saturated rings. The lowest BCUT2D eigenvalue weighted by molar-refractivity contribution is 0.0890. The molecule has 1 N–H and O–H groups in total. The average Bonchev–Trinajstić information content (AvgIpc) is 3.21. The molecule has 1 saturated carbocycles. The Morgan fingerprint density at radius 2 is 2.30 bits per heavy atom. The van der Waals surface area contributed by atoms with Crippen LogP contribution in [0.3, 0.4) is 0 Å². The SMILES string of the molecule is CCC(C)C1CN(Cc2nc(C)cs2)C(C2CC2)CN1. The minimum absolute atomic E-state index is 0.649. The zero-order chi connectivity index (χ0) is 14.1. The van der Waals surface area contributed by atoms with Crippen molar-refractivity contribution in [3.8, 4) is 0 Å². The first-order valence-corrected chi connectivity index (χ1v) is 8.93. The maximum atomic E-state index is 4.67. The molecule has 3 atom stereocenters. The lowest BCUT2D eigenvalue weighted by Crippen LogP contribution is -2.58. The maximum absolute atomic E-state index is 4.67. The van der Waals surface area contributed by atoms with Gasteiger partial charge < -0.3 is 5.32 Å². The molecule has 2 aliphatic rings. The zero-order valence-corrected chi connectivity index (χ0v) is 13.7. The minimum atomic E-state index is 0.649. The number of nitrogens with zero attached hydrogens (tertiary/aromatic N) is 2. The molecule has 1 aliphatic carbocycles. The van der Waals surface area contributed by atoms with E-state index < -0.39 is 0 Å². The van der Waals surface area contributed by atoms with Crippen LogP contribution in [0.2, 0.25) is 0 Å². The number of hydrogen-bond donors (Lipinski definition) is 1. The first kappa shape index (κ1) is 14.5. The Labute approximate surface area is 126 Å². The Bertz CT molecular complexity index is 441. The van der Waals surface area contributed by atoms with E-state index in [4.69, 9.17) is 0 Å². The van der Waals surface area contributed by atoms with Crippen molar-refractivity contribution < 1.29 is 0 Å². The first-order chi connectivity index (χ1) is 9.67. The van der Waals surface area contributed by atoms with Crippen molar-refractivity contribution in [1.82, 2.24) is 15.2 Å². The van der Waals surface area contributed by atoms with Gasteiger partial charge in [0.1, 0.15) is 5.01 Å². The standard InChI is InChI=1S/C16H27N3S/c1-4-11(2)14-8-19(9-16-18-12(3)10-20-16)15(7-17-14)13-5-6-13/h10-11,13-15,17H,4-9H2,1-3H3. The molecule has 1 aromatic heterocycles. The molecule has 0 spiro atoms. The van der Waals surface area contributed by atoms with E-state index in [9.17, 15) is 0 Å². The van der Waals surface area contributed by atoms with E-state index in [0.717, 1.165) is 24.4 Å². The van der Waals surface area contributed by atoms with Gasteiger partial charge in [0.2, 0.25) is 0 Å². The van der Waals surface area contributed by atoms with Crippen molar-refractivity contribution in [2.45, 2.75) is 58.7 Å².